The molecular weight excluding hydrogens is 300 g/mol. The van der Waals surface area contributed by atoms with Crippen LogP contribution in [0.4, 0.5) is 0 Å². The van der Waals surface area contributed by atoms with Gasteiger partial charge in [0.25, 0.3) is 0 Å². The number of aliphatic hydroxyl groups is 1. The zero-order chi connectivity index (χ0) is 17.4. The van der Waals surface area contributed by atoms with E-state index < -0.39 is 0 Å². The van der Waals surface area contributed by atoms with Gasteiger partial charge in [0.15, 0.2) is 0 Å². The second-order valence-electron chi connectivity index (χ2n) is 9.15. The third-order valence-electron chi connectivity index (χ3n) is 7.87. The molecule has 3 rings (SSSR count). The minimum atomic E-state index is -0.252. The van der Waals surface area contributed by atoms with E-state index in [1.165, 1.54) is 19.3 Å². The molecule has 24 heavy (non-hydrogen) atoms. The quantitative estimate of drug-likeness (QED) is 0.774. The van der Waals surface area contributed by atoms with Crippen LogP contribution in [0.1, 0.15) is 53.4 Å². The van der Waals surface area contributed by atoms with Crippen molar-refractivity contribution >= 4 is 0 Å². The monoisotopic (exact) mass is 338 g/mol. The molecule has 0 aromatic rings. The van der Waals surface area contributed by atoms with Gasteiger partial charge in [0, 0.05) is 39.3 Å². The third-order valence-corrected chi connectivity index (χ3v) is 7.87. The largest absolute Gasteiger partial charge is 0.392 e. The number of likely N-dealkylation sites (N-methyl/N-ethyl adjacent to an activating group) is 1. The second-order valence-corrected chi connectivity index (χ2v) is 9.15. The molecule has 0 aromatic carbocycles. The maximum Gasteiger partial charge on any atom is 0.0689 e. The fourth-order valence-corrected chi connectivity index (χ4v) is 5.41. The zero-order valence-corrected chi connectivity index (χ0v) is 16.3. The van der Waals surface area contributed by atoms with Crippen molar-refractivity contribution in [2.45, 2.75) is 65.6 Å². The molecule has 0 aromatic heterocycles. The Morgan fingerprint density at radius 2 is 1.79 bits per heavy atom. The average Bonchev–Trinajstić information content (AvgIpc) is 2.89. The van der Waals surface area contributed by atoms with E-state index in [-0.39, 0.29) is 6.10 Å². The van der Waals surface area contributed by atoms with Gasteiger partial charge in [-0.1, -0.05) is 27.7 Å². The van der Waals surface area contributed by atoms with Crippen LogP contribution in [0, 0.1) is 16.7 Å². The summed E-state index contributed by atoms with van der Waals surface area (Å²) in [5, 5.41) is 10.4. The summed E-state index contributed by atoms with van der Waals surface area (Å²) in [5.41, 5.74) is 0.744. The summed E-state index contributed by atoms with van der Waals surface area (Å²) < 4.78 is 6.28. The molecule has 0 amide bonds. The van der Waals surface area contributed by atoms with Crippen molar-refractivity contribution < 1.29 is 9.84 Å². The van der Waals surface area contributed by atoms with Gasteiger partial charge in [-0.3, -0.25) is 4.90 Å². The van der Waals surface area contributed by atoms with Gasteiger partial charge in [-0.2, -0.15) is 0 Å². The van der Waals surface area contributed by atoms with Crippen LogP contribution < -0.4 is 0 Å². The Bertz CT molecular complexity index is 420. The van der Waals surface area contributed by atoms with Crippen molar-refractivity contribution in [3.8, 4) is 0 Å². The van der Waals surface area contributed by atoms with Gasteiger partial charge in [-0.15, -0.1) is 0 Å². The topological polar surface area (TPSA) is 35.9 Å². The highest BCUT2D eigenvalue weighted by Gasteiger charge is 2.61. The number of aliphatic hydroxyl groups excluding tert-OH is 1. The van der Waals surface area contributed by atoms with E-state index in [0.717, 1.165) is 51.6 Å². The third kappa shape index (κ3) is 3.40. The van der Waals surface area contributed by atoms with Crippen LogP contribution in [0.2, 0.25) is 0 Å². The highest BCUT2D eigenvalue weighted by Crippen LogP contribution is 2.66. The lowest BCUT2D eigenvalue weighted by molar-refractivity contribution is -0.0570. The number of fused-ring (bicyclic) bond motifs is 2. The number of hydrogen-bond donors (Lipinski definition) is 1. The SMILES string of the molecule is CCN1CCN(CC(O)CCOC2CC3CCC2(C)C3(C)C)CC1. The molecule has 4 heteroatoms. The maximum absolute atomic E-state index is 10.4. The second kappa shape index (κ2) is 7.22. The molecule has 2 saturated carbocycles. The first-order valence-electron chi connectivity index (χ1n) is 10.1. The Balaban J connectivity index is 1.37. The highest BCUT2D eigenvalue weighted by atomic mass is 16.5. The van der Waals surface area contributed by atoms with E-state index in [2.05, 4.69) is 37.5 Å². The van der Waals surface area contributed by atoms with Gasteiger partial charge >= 0.3 is 0 Å². The molecule has 3 fully saturated rings. The predicted octanol–water partition coefficient (Wildman–Crippen LogP) is 2.61. The lowest BCUT2D eigenvalue weighted by Crippen LogP contribution is -2.48. The summed E-state index contributed by atoms with van der Waals surface area (Å²) in [6, 6.07) is 0. The van der Waals surface area contributed by atoms with Crippen molar-refractivity contribution in [2.24, 2.45) is 16.7 Å². The van der Waals surface area contributed by atoms with Gasteiger partial charge in [-0.25, -0.2) is 0 Å². The molecular formula is C20H38N2O2. The van der Waals surface area contributed by atoms with Crippen LogP contribution in [0.25, 0.3) is 0 Å². The van der Waals surface area contributed by atoms with Crippen LogP contribution in [0.15, 0.2) is 0 Å². The van der Waals surface area contributed by atoms with Crippen molar-refractivity contribution in [2.75, 3.05) is 45.9 Å². The van der Waals surface area contributed by atoms with Crippen LogP contribution in [0.5, 0.6) is 0 Å². The average molecular weight is 339 g/mol. The molecule has 0 spiro atoms. The molecule has 1 N–H and O–H groups in total. The lowest BCUT2D eigenvalue weighted by Gasteiger charge is -2.39. The van der Waals surface area contributed by atoms with Crippen molar-refractivity contribution in [1.29, 1.82) is 0 Å². The van der Waals surface area contributed by atoms with Gasteiger partial charge < -0.3 is 14.7 Å². The van der Waals surface area contributed by atoms with E-state index in [9.17, 15) is 5.11 Å². The van der Waals surface area contributed by atoms with E-state index >= 15 is 0 Å². The molecule has 4 unspecified atom stereocenters. The minimum Gasteiger partial charge on any atom is -0.392 e. The first-order valence-corrected chi connectivity index (χ1v) is 10.1. The molecule has 0 radical (unpaired) electrons. The number of rotatable bonds is 7. The fourth-order valence-electron chi connectivity index (χ4n) is 5.41. The van der Waals surface area contributed by atoms with E-state index in [1.54, 1.807) is 0 Å². The number of β-amino-alcohol motifs (C(OH)–C–C–N with tert-alkyl or cyclic N) is 1. The zero-order valence-electron chi connectivity index (χ0n) is 16.3. The van der Waals surface area contributed by atoms with E-state index in [0.29, 0.717) is 23.5 Å². The van der Waals surface area contributed by atoms with Crippen molar-refractivity contribution in [1.82, 2.24) is 9.80 Å². The van der Waals surface area contributed by atoms with Crippen LogP contribution >= 0.6 is 0 Å². The number of nitrogens with zero attached hydrogens (tertiary/aromatic N) is 2. The maximum atomic E-state index is 10.4. The van der Waals surface area contributed by atoms with Crippen LogP contribution in [-0.4, -0.2) is 73.0 Å². The normalized spacial score (nSPS) is 37.9. The molecule has 1 saturated heterocycles. The van der Waals surface area contributed by atoms with E-state index in [1.807, 2.05) is 0 Å². The minimum absolute atomic E-state index is 0.252. The van der Waals surface area contributed by atoms with Gasteiger partial charge in [-0.05, 0) is 49.0 Å². The molecule has 4 nitrogen and oxygen atoms in total. The summed E-state index contributed by atoms with van der Waals surface area (Å²) in [5.74, 6) is 0.826. The molecule has 3 aliphatic rings. The molecule has 2 aliphatic carbocycles. The van der Waals surface area contributed by atoms with Gasteiger partial charge in [0.2, 0.25) is 0 Å². The summed E-state index contributed by atoms with van der Waals surface area (Å²) in [6.45, 7) is 16.6. The predicted molar refractivity (Wildman–Crippen MR) is 98.1 cm³/mol. The molecule has 1 heterocycles. The molecule has 1 aliphatic heterocycles. The Kier molecular flexibility index (Phi) is 5.60. The number of piperazine rings is 1. The Labute approximate surface area is 148 Å². The van der Waals surface area contributed by atoms with Crippen molar-refractivity contribution in [3.63, 3.8) is 0 Å². The first-order chi connectivity index (χ1) is 11.4. The van der Waals surface area contributed by atoms with Crippen molar-refractivity contribution in [3.05, 3.63) is 0 Å². The van der Waals surface area contributed by atoms with Crippen LogP contribution in [-0.2, 0) is 4.74 Å². The van der Waals surface area contributed by atoms with E-state index in [4.69, 9.17) is 4.74 Å². The Morgan fingerprint density at radius 3 is 2.33 bits per heavy atom. The standard InChI is InChI=1S/C20H38N2O2/c1-5-21-9-11-22(12-10-21)15-17(23)7-13-24-18-14-16-6-8-20(18,4)19(16,2)3/h16-18,23H,5-15H2,1-4H3. The highest BCUT2D eigenvalue weighted by molar-refractivity contribution is 5.11. The summed E-state index contributed by atoms with van der Waals surface area (Å²) in [4.78, 5) is 4.88. The number of hydrogen-bond acceptors (Lipinski definition) is 4. The summed E-state index contributed by atoms with van der Waals surface area (Å²) in [6.07, 6.45) is 4.81. The Morgan fingerprint density at radius 1 is 1.12 bits per heavy atom. The summed E-state index contributed by atoms with van der Waals surface area (Å²) in [7, 11) is 0. The first kappa shape index (κ1) is 18.6. The lowest BCUT2D eigenvalue weighted by atomic mass is 9.70. The van der Waals surface area contributed by atoms with Gasteiger partial charge in [0.1, 0.15) is 0 Å². The van der Waals surface area contributed by atoms with Gasteiger partial charge in [0.05, 0.1) is 12.2 Å². The van der Waals surface area contributed by atoms with Crippen LogP contribution in [0.3, 0.4) is 0 Å². The molecule has 140 valence electrons. The molecule has 2 bridgehead atoms. The smallest absolute Gasteiger partial charge is 0.0689 e. The Hall–Kier alpha value is -0.160. The fraction of sp³-hybridized carbons (Fsp3) is 1.00. The molecule has 4 atom stereocenters. The number of ether oxygens (including phenoxy) is 1. The summed E-state index contributed by atoms with van der Waals surface area (Å²) >= 11 is 0.